The molecule has 2 heterocycles. The maximum absolute atomic E-state index is 11.3. The lowest BCUT2D eigenvalue weighted by atomic mass is 10.2. The fourth-order valence-electron chi connectivity index (χ4n) is 1.54. The first-order chi connectivity index (χ1) is 7.79. The predicted molar refractivity (Wildman–Crippen MR) is 53.0 cm³/mol. The Balaban J connectivity index is 1.82. The molecule has 2 aliphatic heterocycles. The van der Waals surface area contributed by atoms with Gasteiger partial charge < -0.3 is 14.2 Å². The van der Waals surface area contributed by atoms with Crippen molar-refractivity contribution in [2.45, 2.75) is 25.7 Å². The van der Waals surface area contributed by atoms with E-state index in [1.54, 1.807) is 13.0 Å². The van der Waals surface area contributed by atoms with Gasteiger partial charge in [0.25, 0.3) is 0 Å². The van der Waals surface area contributed by atoms with Gasteiger partial charge in [0, 0.05) is 12.1 Å². The molecule has 2 rings (SSSR count). The van der Waals surface area contributed by atoms with Gasteiger partial charge in [0.05, 0.1) is 19.8 Å². The number of hydrogen-bond donors (Lipinski definition) is 1. The highest BCUT2D eigenvalue weighted by Gasteiger charge is 2.27. The zero-order valence-corrected chi connectivity index (χ0v) is 9.10. The van der Waals surface area contributed by atoms with Crippen molar-refractivity contribution in [2.24, 2.45) is 0 Å². The van der Waals surface area contributed by atoms with Crippen LogP contribution < -0.4 is 5.48 Å². The van der Waals surface area contributed by atoms with Gasteiger partial charge in [-0.25, -0.2) is 4.79 Å². The van der Waals surface area contributed by atoms with Gasteiger partial charge in [-0.1, -0.05) is 0 Å². The van der Waals surface area contributed by atoms with Crippen LogP contribution in [0.4, 0.5) is 0 Å². The number of carbonyl (C=O) groups is 1. The van der Waals surface area contributed by atoms with Gasteiger partial charge >= 0.3 is 5.97 Å². The molecule has 1 atom stereocenters. The van der Waals surface area contributed by atoms with Crippen LogP contribution in [0, 0.1) is 0 Å². The summed E-state index contributed by atoms with van der Waals surface area (Å²) in [6, 6.07) is 0. The number of carbonyl (C=O) groups excluding carboxylic acids is 1. The van der Waals surface area contributed by atoms with Crippen LogP contribution in [-0.2, 0) is 23.8 Å². The monoisotopic (exact) mass is 229 g/mol. The zero-order chi connectivity index (χ0) is 11.4. The summed E-state index contributed by atoms with van der Waals surface area (Å²) in [4.78, 5) is 16.4. The molecule has 1 fully saturated rings. The number of hydroxylamine groups is 1. The van der Waals surface area contributed by atoms with Crippen LogP contribution in [0.1, 0.15) is 13.3 Å². The van der Waals surface area contributed by atoms with Crippen molar-refractivity contribution in [1.82, 2.24) is 5.48 Å². The maximum Gasteiger partial charge on any atom is 0.342 e. The topological polar surface area (TPSA) is 66.0 Å². The van der Waals surface area contributed by atoms with E-state index in [0.717, 1.165) is 5.70 Å². The highest BCUT2D eigenvalue weighted by molar-refractivity contribution is 5.77. The summed E-state index contributed by atoms with van der Waals surface area (Å²) in [5.74, 6) is -0.391. The molecule has 0 radical (unpaired) electrons. The molecule has 1 unspecified atom stereocenters. The molecule has 0 bridgehead atoms. The quantitative estimate of drug-likeness (QED) is 0.690. The van der Waals surface area contributed by atoms with Crippen molar-refractivity contribution in [3.8, 4) is 0 Å². The van der Waals surface area contributed by atoms with Crippen molar-refractivity contribution in [1.29, 1.82) is 0 Å². The van der Waals surface area contributed by atoms with E-state index in [1.807, 2.05) is 0 Å². The van der Waals surface area contributed by atoms with Crippen LogP contribution in [0.15, 0.2) is 11.8 Å². The highest BCUT2D eigenvalue weighted by Crippen LogP contribution is 2.17. The highest BCUT2D eigenvalue weighted by atomic mass is 16.7. The molecular weight excluding hydrogens is 214 g/mol. The summed E-state index contributed by atoms with van der Waals surface area (Å²) in [5.41, 5.74) is 3.46. The Kier molecular flexibility index (Phi) is 3.76. The molecule has 0 aromatic rings. The minimum Gasteiger partial charge on any atom is -0.464 e. The molecule has 0 spiro atoms. The average molecular weight is 229 g/mol. The van der Waals surface area contributed by atoms with Crippen LogP contribution in [0.5, 0.6) is 0 Å². The van der Waals surface area contributed by atoms with Crippen LogP contribution >= 0.6 is 0 Å². The lowest BCUT2D eigenvalue weighted by Crippen LogP contribution is -2.24. The van der Waals surface area contributed by atoms with Crippen molar-refractivity contribution < 1.29 is 23.8 Å². The van der Waals surface area contributed by atoms with E-state index in [9.17, 15) is 4.79 Å². The van der Waals surface area contributed by atoms with E-state index in [4.69, 9.17) is 19.0 Å². The van der Waals surface area contributed by atoms with E-state index in [1.165, 1.54) is 0 Å². The lowest BCUT2D eigenvalue weighted by molar-refractivity contribution is -0.155. The molecule has 1 saturated heterocycles. The largest absolute Gasteiger partial charge is 0.464 e. The third kappa shape index (κ3) is 2.72. The summed E-state index contributed by atoms with van der Waals surface area (Å²) in [6.45, 7) is 3.32. The Hall–Kier alpha value is -1.11. The molecule has 0 amide bonds. The Labute approximate surface area is 93.4 Å². The van der Waals surface area contributed by atoms with E-state index in [-0.39, 0.29) is 6.29 Å². The molecule has 2 aliphatic rings. The van der Waals surface area contributed by atoms with E-state index in [0.29, 0.717) is 26.2 Å². The van der Waals surface area contributed by atoms with Crippen molar-refractivity contribution >= 4 is 5.97 Å². The van der Waals surface area contributed by atoms with Crippen LogP contribution in [-0.4, -0.2) is 38.2 Å². The molecule has 16 heavy (non-hydrogen) atoms. The minimum atomic E-state index is -0.670. The summed E-state index contributed by atoms with van der Waals surface area (Å²) in [7, 11) is 0. The Morgan fingerprint density at radius 2 is 2.31 bits per heavy atom. The SMILES string of the molecule is CCOC(=O)C1C=C(CC2OCCO2)NO1. The first-order valence-electron chi connectivity index (χ1n) is 5.32. The van der Waals surface area contributed by atoms with Gasteiger partial charge in [-0.05, 0) is 13.0 Å². The second-order valence-electron chi connectivity index (χ2n) is 3.46. The van der Waals surface area contributed by atoms with Crippen LogP contribution in [0.2, 0.25) is 0 Å². The van der Waals surface area contributed by atoms with Gasteiger partial charge in [-0.2, -0.15) is 0 Å². The molecular formula is C10H15NO5. The fourth-order valence-corrected chi connectivity index (χ4v) is 1.54. The number of esters is 1. The molecule has 0 aromatic carbocycles. The van der Waals surface area contributed by atoms with Crippen molar-refractivity contribution in [3.05, 3.63) is 11.8 Å². The molecule has 1 N–H and O–H groups in total. The second-order valence-corrected chi connectivity index (χ2v) is 3.46. The Morgan fingerprint density at radius 3 is 3.00 bits per heavy atom. The summed E-state index contributed by atoms with van der Waals surface area (Å²) in [6.07, 6.45) is 1.32. The first kappa shape index (κ1) is 11.4. The molecule has 6 nitrogen and oxygen atoms in total. The first-order valence-corrected chi connectivity index (χ1v) is 5.32. The van der Waals surface area contributed by atoms with Gasteiger partial charge in [0.2, 0.25) is 6.10 Å². The summed E-state index contributed by atoms with van der Waals surface area (Å²) < 4.78 is 15.4. The van der Waals surface area contributed by atoms with E-state index < -0.39 is 12.1 Å². The zero-order valence-electron chi connectivity index (χ0n) is 9.10. The minimum absolute atomic E-state index is 0.247. The van der Waals surface area contributed by atoms with Crippen molar-refractivity contribution in [3.63, 3.8) is 0 Å². The average Bonchev–Trinajstić information content (AvgIpc) is 2.90. The number of hydrogen-bond acceptors (Lipinski definition) is 6. The standard InChI is InChI=1S/C10H15NO5/c1-2-13-10(12)8-5-7(11-16-8)6-9-14-3-4-15-9/h5,8-9,11H,2-4,6H2,1H3. The lowest BCUT2D eigenvalue weighted by Gasteiger charge is -2.09. The van der Waals surface area contributed by atoms with Gasteiger partial charge in [0.15, 0.2) is 6.29 Å². The second kappa shape index (κ2) is 5.29. The third-order valence-electron chi connectivity index (χ3n) is 2.27. The summed E-state index contributed by atoms with van der Waals surface area (Å²) in [5, 5.41) is 0. The van der Waals surface area contributed by atoms with Gasteiger partial charge in [0.1, 0.15) is 0 Å². The Bertz CT molecular complexity index is 285. The van der Waals surface area contributed by atoms with E-state index in [2.05, 4.69) is 5.48 Å². The predicted octanol–water partition coefficient (Wildman–Crippen LogP) is 0.0998. The maximum atomic E-state index is 11.3. The Morgan fingerprint density at radius 1 is 1.56 bits per heavy atom. The molecule has 90 valence electrons. The normalized spacial score (nSPS) is 25.3. The van der Waals surface area contributed by atoms with Gasteiger partial charge in [-0.15, -0.1) is 0 Å². The van der Waals surface area contributed by atoms with E-state index >= 15 is 0 Å². The third-order valence-corrected chi connectivity index (χ3v) is 2.27. The molecule has 0 aliphatic carbocycles. The number of rotatable bonds is 4. The summed E-state index contributed by atoms with van der Waals surface area (Å²) >= 11 is 0. The van der Waals surface area contributed by atoms with Crippen LogP contribution in [0.3, 0.4) is 0 Å². The number of ether oxygens (including phenoxy) is 3. The smallest absolute Gasteiger partial charge is 0.342 e. The van der Waals surface area contributed by atoms with Crippen molar-refractivity contribution in [2.75, 3.05) is 19.8 Å². The van der Waals surface area contributed by atoms with Gasteiger partial charge in [-0.3, -0.25) is 10.3 Å². The van der Waals surface area contributed by atoms with Crippen LogP contribution in [0.25, 0.3) is 0 Å². The molecule has 6 heteroatoms. The number of nitrogens with one attached hydrogen (secondary N) is 1. The molecule has 0 saturated carbocycles. The molecule has 0 aromatic heterocycles. The fraction of sp³-hybridized carbons (Fsp3) is 0.700.